The van der Waals surface area contributed by atoms with Crippen LogP contribution in [0, 0.1) is 0 Å². The number of amides is 1. The minimum atomic E-state index is -0.0680. The van der Waals surface area contributed by atoms with Gasteiger partial charge >= 0.3 is 0 Å². The third kappa shape index (κ3) is 3.38. The third-order valence-electron chi connectivity index (χ3n) is 3.80. The van der Waals surface area contributed by atoms with Gasteiger partial charge in [0, 0.05) is 32.8 Å². The molecule has 4 heteroatoms. The van der Waals surface area contributed by atoms with E-state index >= 15 is 0 Å². The molecule has 0 fully saturated rings. The molecule has 0 saturated heterocycles. The lowest BCUT2D eigenvalue weighted by Crippen LogP contribution is -2.42. The van der Waals surface area contributed by atoms with Crippen LogP contribution in [0.25, 0.3) is 0 Å². The molecule has 110 valence electrons. The van der Waals surface area contributed by atoms with Gasteiger partial charge in [0.05, 0.1) is 12.5 Å². The summed E-state index contributed by atoms with van der Waals surface area (Å²) in [4.78, 5) is 14.6. The number of fused-ring (bicyclic) bond motifs is 1. The number of nitrogens with one attached hydrogen (secondary N) is 1. The first kappa shape index (κ1) is 15.0. The van der Waals surface area contributed by atoms with Crippen LogP contribution in [0.2, 0.25) is 0 Å². The van der Waals surface area contributed by atoms with Crippen LogP contribution in [0.3, 0.4) is 0 Å². The van der Waals surface area contributed by atoms with E-state index in [2.05, 4.69) is 17.4 Å². The van der Waals surface area contributed by atoms with Crippen molar-refractivity contribution in [2.24, 2.45) is 0 Å². The molecule has 1 unspecified atom stereocenters. The van der Waals surface area contributed by atoms with Crippen molar-refractivity contribution in [1.29, 1.82) is 0 Å². The fourth-order valence-electron chi connectivity index (χ4n) is 2.68. The zero-order chi connectivity index (χ0) is 14.4. The van der Waals surface area contributed by atoms with Crippen LogP contribution in [0.4, 0.5) is 0 Å². The van der Waals surface area contributed by atoms with Crippen LogP contribution in [0.1, 0.15) is 30.9 Å². The van der Waals surface area contributed by atoms with E-state index in [0.717, 1.165) is 19.6 Å². The fraction of sp³-hybridized carbons (Fsp3) is 0.562. The maximum Gasteiger partial charge on any atom is 0.231 e. The molecule has 2 rings (SSSR count). The van der Waals surface area contributed by atoms with E-state index in [1.807, 2.05) is 30.9 Å². The van der Waals surface area contributed by atoms with Gasteiger partial charge in [0.25, 0.3) is 0 Å². The van der Waals surface area contributed by atoms with Gasteiger partial charge in [-0.1, -0.05) is 24.3 Å². The number of ether oxygens (including phenoxy) is 1. The Labute approximate surface area is 121 Å². The van der Waals surface area contributed by atoms with Crippen molar-refractivity contribution in [2.75, 3.05) is 32.8 Å². The number of hydrogen-bond acceptors (Lipinski definition) is 3. The van der Waals surface area contributed by atoms with Crippen molar-refractivity contribution in [3.8, 4) is 0 Å². The summed E-state index contributed by atoms with van der Waals surface area (Å²) in [5, 5.41) is 3.34. The van der Waals surface area contributed by atoms with Crippen LogP contribution in [0.15, 0.2) is 24.3 Å². The quantitative estimate of drug-likeness (QED) is 0.805. The first-order valence-electron chi connectivity index (χ1n) is 7.43. The fourth-order valence-corrected chi connectivity index (χ4v) is 2.68. The van der Waals surface area contributed by atoms with Crippen LogP contribution in [-0.2, 0) is 16.1 Å². The van der Waals surface area contributed by atoms with E-state index in [1.54, 1.807) is 0 Å². The van der Waals surface area contributed by atoms with E-state index < -0.39 is 0 Å². The molecule has 0 spiro atoms. The number of carbonyl (C=O) groups excluding carboxylic acids is 1. The highest BCUT2D eigenvalue weighted by atomic mass is 16.5. The summed E-state index contributed by atoms with van der Waals surface area (Å²) < 4.78 is 5.36. The predicted octanol–water partition coefficient (Wildman–Crippen LogP) is 1.76. The van der Waals surface area contributed by atoms with Gasteiger partial charge in [-0.25, -0.2) is 0 Å². The van der Waals surface area contributed by atoms with Gasteiger partial charge < -0.3 is 15.0 Å². The second-order valence-corrected chi connectivity index (χ2v) is 5.00. The van der Waals surface area contributed by atoms with Crippen molar-refractivity contribution >= 4 is 5.91 Å². The van der Waals surface area contributed by atoms with Crippen molar-refractivity contribution in [3.05, 3.63) is 35.4 Å². The zero-order valence-corrected chi connectivity index (χ0v) is 12.4. The Morgan fingerprint density at radius 2 is 2.20 bits per heavy atom. The number of nitrogens with zero attached hydrogens (tertiary/aromatic N) is 1. The van der Waals surface area contributed by atoms with Gasteiger partial charge in [0.2, 0.25) is 5.91 Å². The van der Waals surface area contributed by atoms with E-state index in [9.17, 15) is 4.79 Å². The van der Waals surface area contributed by atoms with E-state index in [-0.39, 0.29) is 11.8 Å². The predicted molar refractivity (Wildman–Crippen MR) is 79.6 cm³/mol. The Morgan fingerprint density at radius 1 is 1.40 bits per heavy atom. The van der Waals surface area contributed by atoms with Crippen molar-refractivity contribution < 1.29 is 9.53 Å². The lowest BCUT2D eigenvalue weighted by Gasteiger charge is -2.30. The van der Waals surface area contributed by atoms with Gasteiger partial charge in [-0.15, -0.1) is 0 Å². The summed E-state index contributed by atoms with van der Waals surface area (Å²) in [5.74, 6) is 0.133. The highest BCUT2D eigenvalue weighted by Crippen LogP contribution is 2.25. The first-order valence-corrected chi connectivity index (χ1v) is 7.43. The minimum absolute atomic E-state index is 0.0680. The molecule has 1 heterocycles. The second kappa shape index (κ2) is 7.41. The SMILES string of the molecule is CCOCCN(CC)C(=O)C1CNCc2ccccc21. The number of likely N-dealkylation sites (N-methyl/N-ethyl adjacent to an activating group) is 1. The summed E-state index contributed by atoms with van der Waals surface area (Å²) in [7, 11) is 0. The van der Waals surface area contributed by atoms with Crippen LogP contribution in [-0.4, -0.2) is 43.7 Å². The molecule has 1 aromatic carbocycles. The maximum absolute atomic E-state index is 12.7. The summed E-state index contributed by atoms with van der Waals surface area (Å²) in [6, 6.07) is 8.22. The van der Waals surface area contributed by atoms with Gasteiger partial charge in [0.15, 0.2) is 0 Å². The highest BCUT2D eigenvalue weighted by Gasteiger charge is 2.28. The van der Waals surface area contributed by atoms with Crippen LogP contribution >= 0.6 is 0 Å². The smallest absolute Gasteiger partial charge is 0.231 e. The Balaban J connectivity index is 2.08. The summed E-state index contributed by atoms with van der Waals surface area (Å²) in [6.45, 7) is 8.27. The monoisotopic (exact) mass is 276 g/mol. The average molecular weight is 276 g/mol. The van der Waals surface area contributed by atoms with E-state index in [0.29, 0.717) is 19.8 Å². The molecular formula is C16H24N2O2. The Bertz CT molecular complexity index is 448. The number of benzene rings is 1. The molecule has 0 aliphatic carbocycles. The van der Waals surface area contributed by atoms with Crippen LogP contribution in [0.5, 0.6) is 0 Å². The molecule has 0 saturated carbocycles. The van der Waals surface area contributed by atoms with E-state index in [1.165, 1.54) is 11.1 Å². The molecule has 0 bridgehead atoms. The molecule has 1 aromatic rings. The number of rotatable bonds is 6. The summed E-state index contributed by atoms with van der Waals surface area (Å²) in [5.41, 5.74) is 2.41. The summed E-state index contributed by atoms with van der Waals surface area (Å²) in [6.07, 6.45) is 0. The molecule has 20 heavy (non-hydrogen) atoms. The largest absolute Gasteiger partial charge is 0.380 e. The Kier molecular flexibility index (Phi) is 5.56. The van der Waals surface area contributed by atoms with Crippen molar-refractivity contribution in [2.45, 2.75) is 26.3 Å². The number of carbonyl (C=O) groups is 1. The molecule has 0 aromatic heterocycles. The minimum Gasteiger partial charge on any atom is -0.380 e. The average Bonchev–Trinajstić information content (AvgIpc) is 2.50. The lowest BCUT2D eigenvalue weighted by molar-refractivity contribution is -0.133. The highest BCUT2D eigenvalue weighted by molar-refractivity contribution is 5.84. The standard InChI is InChI=1S/C16H24N2O2/c1-3-18(9-10-20-4-2)16(19)15-12-17-11-13-7-5-6-8-14(13)15/h5-8,15,17H,3-4,9-12H2,1-2H3. The van der Waals surface area contributed by atoms with Gasteiger partial charge in [-0.3, -0.25) is 4.79 Å². The molecular weight excluding hydrogens is 252 g/mol. The van der Waals surface area contributed by atoms with Gasteiger partial charge in [-0.2, -0.15) is 0 Å². The Morgan fingerprint density at radius 3 is 2.95 bits per heavy atom. The lowest BCUT2D eigenvalue weighted by atomic mass is 9.90. The molecule has 1 atom stereocenters. The topological polar surface area (TPSA) is 41.6 Å². The van der Waals surface area contributed by atoms with Crippen LogP contribution < -0.4 is 5.32 Å². The molecule has 1 amide bonds. The number of hydrogen-bond donors (Lipinski definition) is 1. The third-order valence-corrected chi connectivity index (χ3v) is 3.80. The Hall–Kier alpha value is -1.39. The van der Waals surface area contributed by atoms with Crippen molar-refractivity contribution in [1.82, 2.24) is 10.2 Å². The van der Waals surface area contributed by atoms with Gasteiger partial charge in [0.1, 0.15) is 0 Å². The molecule has 1 aliphatic heterocycles. The first-order chi connectivity index (χ1) is 9.77. The summed E-state index contributed by atoms with van der Waals surface area (Å²) >= 11 is 0. The van der Waals surface area contributed by atoms with E-state index in [4.69, 9.17) is 4.74 Å². The molecule has 4 nitrogen and oxygen atoms in total. The van der Waals surface area contributed by atoms with Crippen molar-refractivity contribution in [3.63, 3.8) is 0 Å². The maximum atomic E-state index is 12.7. The molecule has 1 aliphatic rings. The molecule has 1 N–H and O–H groups in total. The zero-order valence-electron chi connectivity index (χ0n) is 12.4. The second-order valence-electron chi connectivity index (χ2n) is 5.00. The van der Waals surface area contributed by atoms with Gasteiger partial charge in [-0.05, 0) is 25.0 Å². The normalized spacial score (nSPS) is 17.6. The molecule has 0 radical (unpaired) electrons.